The largest absolute Gasteiger partial charge is 0.508 e. The van der Waals surface area contributed by atoms with Crippen molar-refractivity contribution in [1.82, 2.24) is 9.88 Å². The summed E-state index contributed by atoms with van der Waals surface area (Å²) in [4.78, 5) is 24.7. The Hall–Kier alpha value is -3.54. The smallest absolute Gasteiger partial charge is 0.294 e. The maximum absolute atomic E-state index is 12.5. The first-order chi connectivity index (χ1) is 13.1. The molecular weight excluding hydrogens is 344 g/mol. The molecule has 0 aliphatic heterocycles. The van der Waals surface area contributed by atoms with Gasteiger partial charge in [0.05, 0.1) is 12.8 Å². The van der Waals surface area contributed by atoms with E-state index in [9.17, 15) is 14.7 Å². The van der Waals surface area contributed by atoms with Crippen LogP contribution in [0, 0.1) is 0 Å². The number of nitrogens with zero attached hydrogens (tertiary/aromatic N) is 1. The van der Waals surface area contributed by atoms with E-state index in [4.69, 9.17) is 4.74 Å². The van der Waals surface area contributed by atoms with Crippen molar-refractivity contribution in [2.75, 3.05) is 13.7 Å². The van der Waals surface area contributed by atoms with Crippen LogP contribution in [0.25, 0.3) is 5.69 Å². The van der Waals surface area contributed by atoms with Gasteiger partial charge in [-0.3, -0.25) is 9.59 Å². The van der Waals surface area contributed by atoms with E-state index in [0.717, 1.165) is 11.3 Å². The second kappa shape index (κ2) is 8.23. The van der Waals surface area contributed by atoms with Crippen LogP contribution in [0.15, 0.2) is 66.9 Å². The Labute approximate surface area is 157 Å². The van der Waals surface area contributed by atoms with Crippen LogP contribution < -0.4 is 10.1 Å². The van der Waals surface area contributed by atoms with E-state index in [-0.39, 0.29) is 11.4 Å². The predicted molar refractivity (Wildman–Crippen MR) is 101 cm³/mol. The van der Waals surface area contributed by atoms with E-state index in [1.54, 1.807) is 42.1 Å². The summed E-state index contributed by atoms with van der Waals surface area (Å²) in [6, 6.07) is 17.2. The summed E-state index contributed by atoms with van der Waals surface area (Å²) in [6.45, 7) is 0.358. The molecule has 0 saturated carbocycles. The van der Waals surface area contributed by atoms with E-state index in [1.165, 1.54) is 12.1 Å². The number of rotatable bonds is 7. The highest BCUT2D eigenvalue weighted by molar-refractivity contribution is 6.42. The molecule has 1 amide bonds. The first-order valence-corrected chi connectivity index (χ1v) is 8.50. The van der Waals surface area contributed by atoms with Gasteiger partial charge in [0.2, 0.25) is 0 Å². The molecule has 138 valence electrons. The molecular formula is C21H20N2O4. The standard InChI is InChI=1S/C21H20N2O4/c1-27-18-10-4-15(5-11-18)12-13-22-21(26)20(25)19-3-2-14-23(19)16-6-8-17(24)9-7-16/h2-11,14,24H,12-13H2,1H3,(H,22,26). The molecule has 6 nitrogen and oxygen atoms in total. The number of phenolic OH excluding ortho intramolecular Hbond substituents is 1. The molecule has 27 heavy (non-hydrogen) atoms. The Morgan fingerprint density at radius 1 is 1.04 bits per heavy atom. The number of carbonyl (C=O) groups excluding carboxylic acids is 2. The van der Waals surface area contributed by atoms with Crippen molar-refractivity contribution in [3.05, 3.63) is 78.1 Å². The molecule has 0 unspecified atom stereocenters. The van der Waals surface area contributed by atoms with Crippen LogP contribution in [0.3, 0.4) is 0 Å². The molecule has 0 radical (unpaired) electrons. The van der Waals surface area contributed by atoms with Crippen molar-refractivity contribution in [2.45, 2.75) is 6.42 Å². The molecule has 0 aliphatic carbocycles. The van der Waals surface area contributed by atoms with Gasteiger partial charge >= 0.3 is 0 Å². The van der Waals surface area contributed by atoms with Gasteiger partial charge in [0.1, 0.15) is 11.5 Å². The molecule has 0 spiro atoms. The fraction of sp³-hybridized carbons (Fsp3) is 0.143. The number of hydrogen-bond donors (Lipinski definition) is 2. The first-order valence-electron chi connectivity index (χ1n) is 8.50. The summed E-state index contributed by atoms with van der Waals surface area (Å²) in [5, 5.41) is 12.1. The van der Waals surface area contributed by atoms with Crippen LogP contribution in [0.2, 0.25) is 0 Å². The molecule has 1 aromatic heterocycles. The molecule has 0 atom stereocenters. The van der Waals surface area contributed by atoms with Gasteiger partial charge in [0.25, 0.3) is 11.7 Å². The number of benzene rings is 2. The van der Waals surface area contributed by atoms with Crippen molar-refractivity contribution in [1.29, 1.82) is 0 Å². The monoisotopic (exact) mass is 364 g/mol. The molecule has 0 aliphatic rings. The number of methoxy groups -OCH3 is 1. The Kier molecular flexibility index (Phi) is 5.56. The third kappa shape index (κ3) is 4.36. The van der Waals surface area contributed by atoms with Crippen molar-refractivity contribution in [2.24, 2.45) is 0 Å². The molecule has 0 saturated heterocycles. The highest BCUT2D eigenvalue weighted by atomic mass is 16.5. The van der Waals surface area contributed by atoms with Gasteiger partial charge in [-0.05, 0) is 60.5 Å². The number of ether oxygens (including phenoxy) is 1. The molecule has 3 rings (SSSR count). The predicted octanol–water partition coefficient (Wildman–Crippen LogP) is 2.73. The number of Topliss-reactive ketones (excluding diaryl/α,β-unsaturated/α-hetero) is 1. The Morgan fingerprint density at radius 3 is 2.41 bits per heavy atom. The van der Waals surface area contributed by atoms with Gasteiger partial charge in [-0.2, -0.15) is 0 Å². The average molecular weight is 364 g/mol. The minimum atomic E-state index is -0.651. The Balaban J connectivity index is 1.61. The van der Waals surface area contributed by atoms with Gasteiger partial charge < -0.3 is 19.7 Å². The van der Waals surface area contributed by atoms with Crippen molar-refractivity contribution >= 4 is 11.7 Å². The molecule has 1 heterocycles. The molecule has 3 aromatic rings. The minimum absolute atomic E-state index is 0.134. The van der Waals surface area contributed by atoms with Gasteiger partial charge in [0.15, 0.2) is 0 Å². The lowest BCUT2D eigenvalue weighted by Crippen LogP contribution is -2.33. The van der Waals surface area contributed by atoms with Crippen LogP contribution in [0.5, 0.6) is 11.5 Å². The van der Waals surface area contributed by atoms with Crippen molar-refractivity contribution < 1.29 is 19.4 Å². The topological polar surface area (TPSA) is 80.6 Å². The lowest BCUT2D eigenvalue weighted by Gasteiger charge is -2.09. The number of hydrogen-bond acceptors (Lipinski definition) is 4. The van der Waals surface area contributed by atoms with Crippen LogP contribution in [0.1, 0.15) is 16.1 Å². The Morgan fingerprint density at radius 2 is 1.74 bits per heavy atom. The van der Waals surface area contributed by atoms with Crippen molar-refractivity contribution in [3.63, 3.8) is 0 Å². The number of amides is 1. The quantitative estimate of drug-likeness (QED) is 0.499. The summed E-state index contributed by atoms with van der Waals surface area (Å²) in [7, 11) is 1.61. The number of ketones is 1. The van der Waals surface area contributed by atoms with E-state index in [0.29, 0.717) is 18.7 Å². The first kappa shape index (κ1) is 18.3. The lowest BCUT2D eigenvalue weighted by atomic mass is 10.1. The van der Waals surface area contributed by atoms with E-state index < -0.39 is 11.7 Å². The molecule has 6 heteroatoms. The maximum atomic E-state index is 12.5. The van der Waals surface area contributed by atoms with Crippen LogP contribution in [-0.2, 0) is 11.2 Å². The molecule has 0 fully saturated rings. The summed E-state index contributed by atoms with van der Waals surface area (Å²) in [6.07, 6.45) is 2.31. The third-order valence-corrected chi connectivity index (χ3v) is 4.17. The van der Waals surface area contributed by atoms with Gasteiger partial charge in [-0.25, -0.2) is 0 Å². The van der Waals surface area contributed by atoms with Crippen LogP contribution in [0.4, 0.5) is 0 Å². The number of aromatic hydroxyl groups is 1. The maximum Gasteiger partial charge on any atom is 0.294 e. The highest BCUT2D eigenvalue weighted by Gasteiger charge is 2.19. The fourth-order valence-corrected chi connectivity index (χ4v) is 2.71. The second-order valence-electron chi connectivity index (χ2n) is 5.96. The summed E-state index contributed by atoms with van der Waals surface area (Å²) in [5.74, 6) is -0.354. The van der Waals surface area contributed by atoms with E-state index in [2.05, 4.69) is 5.32 Å². The van der Waals surface area contributed by atoms with Gasteiger partial charge in [0, 0.05) is 18.4 Å². The zero-order chi connectivity index (χ0) is 19.2. The highest BCUT2D eigenvalue weighted by Crippen LogP contribution is 2.17. The van der Waals surface area contributed by atoms with E-state index in [1.807, 2.05) is 24.3 Å². The summed E-state index contributed by atoms with van der Waals surface area (Å²) < 4.78 is 6.72. The molecule has 2 aromatic carbocycles. The van der Waals surface area contributed by atoms with Crippen molar-refractivity contribution in [3.8, 4) is 17.2 Å². The average Bonchev–Trinajstić information content (AvgIpc) is 3.18. The molecule has 2 N–H and O–H groups in total. The lowest BCUT2D eigenvalue weighted by molar-refractivity contribution is -0.117. The number of nitrogens with one attached hydrogen (secondary N) is 1. The zero-order valence-electron chi connectivity index (χ0n) is 14.9. The minimum Gasteiger partial charge on any atom is -0.508 e. The molecule has 0 bridgehead atoms. The SMILES string of the molecule is COc1ccc(CCNC(=O)C(=O)c2cccn2-c2ccc(O)cc2)cc1. The van der Waals surface area contributed by atoms with E-state index >= 15 is 0 Å². The number of carbonyl (C=O) groups is 2. The summed E-state index contributed by atoms with van der Waals surface area (Å²) >= 11 is 0. The normalized spacial score (nSPS) is 10.4. The number of aromatic nitrogens is 1. The second-order valence-corrected chi connectivity index (χ2v) is 5.96. The van der Waals surface area contributed by atoms with Gasteiger partial charge in [-0.1, -0.05) is 12.1 Å². The number of phenols is 1. The Bertz CT molecular complexity index is 928. The zero-order valence-corrected chi connectivity index (χ0v) is 14.9. The summed E-state index contributed by atoms with van der Waals surface area (Å²) in [5.41, 5.74) is 1.99. The van der Waals surface area contributed by atoms with Gasteiger partial charge in [-0.15, -0.1) is 0 Å². The third-order valence-electron chi connectivity index (χ3n) is 4.17. The van der Waals surface area contributed by atoms with Crippen LogP contribution in [-0.4, -0.2) is 35.0 Å². The fourth-order valence-electron chi connectivity index (χ4n) is 2.71. The van der Waals surface area contributed by atoms with Crippen LogP contribution >= 0.6 is 0 Å².